The molecule has 0 aliphatic heterocycles. The number of hydrogen-bond donors (Lipinski definition) is 1. The summed E-state index contributed by atoms with van der Waals surface area (Å²) in [5, 5.41) is 6.24. The van der Waals surface area contributed by atoms with E-state index in [1.54, 1.807) is 0 Å². The van der Waals surface area contributed by atoms with Crippen molar-refractivity contribution in [2.45, 2.75) is 10.8 Å². The van der Waals surface area contributed by atoms with Crippen LogP contribution in [0.4, 0.5) is 0 Å². The van der Waals surface area contributed by atoms with Gasteiger partial charge in [0.15, 0.2) is 8.68 Å². The standard InChI is InChI=1S/C7H8ClN5O2S2/c1-13(3-5-10-4-11-12-5)17(14,15)6-2-9-7(8)16-6/h2,4H,3H2,1H3,(H,10,11,12). The summed E-state index contributed by atoms with van der Waals surface area (Å²) < 4.78 is 25.5. The minimum atomic E-state index is -3.58. The summed E-state index contributed by atoms with van der Waals surface area (Å²) in [7, 11) is -2.13. The number of aromatic nitrogens is 4. The van der Waals surface area contributed by atoms with E-state index in [0.717, 1.165) is 15.6 Å². The van der Waals surface area contributed by atoms with Crippen LogP contribution in [0.3, 0.4) is 0 Å². The van der Waals surface area contributed by atoms with Crippen molar-refractivity contribution in [2.75, 3.05) is 7.05 Å². The van der Waals surface area contributed by atoms with Gasteiger partial charge in [0.25, 0.3) is 10.0 Å². The summed E-state index contributed by atoms with van der Waals surface area (Å²) in [6.07, 6.45) is 2.55. The van der Waals surface area contributed by atoms with Gasteiger partial charge in [0, 0.05) is 7.05 Å². The number of aromatic amines is 1. The lowest BCUT2D eigenvalue weighted by Crippen LogP contribution is -2.26. The van der Waals surface area contributed by atoms with Crippen LogP contribution in [0.1, 0.15) is 5.82 Å². The Kier molecular flexibility index (Phi) is 3.43. The molecule has 0 saturated carbocycles. The highest BCUT2D eigenvalue weighted by molar-refractivity contribution is 7.91. The van der Waals surface area contributed by atoms with Gasteiger partial charge in [-0.2, -0.15) is 9.40 Å². The summed E-state index contributed by atoms with van der Waals surface area (Å²) in [6.45, 7) is 0.109. The lowest BCUT2D eigenvalue weighted by molar-refractivity contribution is 0.458. The maximum atomic E-state index is 12.0. The summed E-state index contributed by atoms with van der Waals surface area (Å²) in [4.78, 5) is 7.56. The van der Waals surface area contributed by atoms with Crippen molar-refractivity contribution in [3.8, 4) is 0 Å². The first kappa shape index (κ1) is 12.4. The zero-order valence-electron chi connectivity index (χ0n) is 8.66. The molecule has 0 spiro atoms. The largest absolute Gasteiger partial charge is 0.262 e. The number of rotatable bonds is 4. The first-order valence-corrected chi connectivity index (χ1v) is 7.05. The lowest BCUT2D eigenvalue weighted by Gasteiger charge is -2.13. The molecule has 2 heterocycles. The third-order valence-corrected chi connectivity index (χ3v) is 5.31. The van der Waals surface area contributed by atoms with Gasteiger partial charge in [-0.05, 0) is 0 Å². The van der Waals surface area contributed by atoms with Gasteiger partial charge < -0.3 is 0 Å². The molecule has 0 amide bonds. The summed E-state index contributed by atoms with van der Waals surface area (Å²) >= 11 is 6.52. The zero-order chi connectivity index (χ0) is 12.5. The van der Waals surface area contributed by atoms with Gasteiger partial charge in [0.1, 0.15) is 12.2 Å². The number of nitrogens with zero attached hydrogens (tertiary/aromatic N) is 4. The van der Waals surface area contributed by atoms with E-state index >= 15 is 0 Å². The van der Waals surface area contributed by atoms with Crippen LogP contribution in [0.5, 0.6) is 0 Å². The van der Waals surface area contributed by atoms with Crippen LogP contribution in [-0.2, 0) is 16.6 Å². The normalized spacial score (nSPS) is 12.2. The Morgan fingerprint density at radius 3 is 2.82 bits per heavy atom. The molecule has 17 heavy (non-hydrogen) atoms. The Labute approximate surface area is 107 Å². The molecule has 0 unspecified atom stereocenters. The van der Waals surface area contributed by atoms with Crippen LogP contribution in [0.25, 0.3) is 0 Å². The molecule has 1 N–H and O–H groups in total. The van der Waals surface area contributed by atoms with Crippen LogP contribution in [0.2, 0.25) is 4.47 Å². The van der Waals surface area contributed by atoms with Crippen LogP contribution in [0, 0.1) is 0 Å². The molecule has 2 aromatic rings. The second-order valence-electron chi connectivity index (χ2n) is 3.13. The molecule has 10 heteroatoms. The Bertz CT molecular complexity index is 594. The number of sulfonamides is 1. The molecule has 92 valence electrons. The average Bonchev–Trinajstić information content (AvgIpc) is 2.89. The molecule has 0 aliphatic rings. The molecule has 0 atom stereocenters. The van der Waals surface area contributed by atoms with E-state index in [1.165, 1.54) is 19.6 Å². The first-order chi connectivity index (χ1) is 8.00. The highest BCUT2D eigenvalue weighted by Crippen LogP contribution is 2.25. The van der Waals surface area contributed by atoms with Crippen molar-refractivity contribution in [1.29, 1.82) is 0 Å². The topological polar surface area (TPSA) is 91.8 Å². The third kappa shape index (κ3) is 2.63. The molecular weight excluding hydrogens is 286 g/mol. The fourth-order valence-electron chi connectivity index (χ4n) is 1.11. The molecule has 0 saturated heterocycles. The maximum absolute atomic E-state index is 12.0. The fraction of sp³-hybridized carbons (Fsp3) is 0.286. The maximum Gasteiger partial charge on any atom is 0.254 e. The summed E-state index contributed by atoms with van der Waals surface area (Å²) in [5.74, 6) is 0.465. The van der Waals surface area contributed by atoms with E-state index < -0.39 is 10.0 Å². The number of nitrogens with one attached hydrogen (secondary N) is 1. The Morgan fingerprint density at radius 1 is 1.53 bits per heavy atom. The minimum Gasteiger partial charge on any atom is -0.262 e. The highest BCUT2D eigenvalue weighted by Gasteiger charge is 2.24. The second kappa shape index (κ2) is 4.69. The van der Waals surface area contributed by atoms with Crippen LogP contribution in [-0.4, -0.2) is 39.9 Å². The molecule has 2 aromatic heterocycles. The summed E-state index contributed by atoms with van der Waals surface area (Å²) in [5.41, 5.74) is 0. The van der Waals surface area contributed by atoms with Crippen molar-refractivity contribution in [1.82, 2.24) is 24.5 Å². The molecule has 0 aromatic carbocycles. The van der Waals surface area contributed by atoms with E-state index in [-0.39, 0.29) is 15.2 Å². The van der Waals surface area contributed by atoms with Crippen LogP contribution >= 0.6 is 22.9 Å². The van der Waals surface area contributed by atoms with Gasteiger partial charge in [0.05, 0.1) is 12.7 Å². The monoisotopic (exact) mass is 293 g/mol. The van der Waals surface area contributed by atoms with Crippen LogP contribution in [0.15, 0.2) is 16.7 Å². The summed E-state index contributed by atoms with van der Waals surface area (Å²) in [6, 6.07) is 0. The zero-order valence-corrected chi connectivity index (χ0v) is 11.1. The average molecular weight is 294 g/mol. The van der Waals surface area contributed by atoms with Crippen molar-refractivity contribution >= 4 is 33.0 Å². The smallest absolute Gasteiger partial charge is 0.254 e. The lowest BCUT2D eigenvalue weighted by atomic mass is 10.6. The Balaban J connectivity index is 2.21. The molecule has 0 bridgehead atoms. The number of H-pyrrole nitrogens is 1. The third-order valence-electron chi connectivity index (χ3n) is 1.96. The minimum absolute atomic E-state index is 0.101. The van der Waals surface area contributed by atoms with E-state index in [1.807, 2.05) is 0 Å². The molecule has 0 radical (unpaired) electrons. The molecule has 7 nitrogen and oxygen atoms in total. The number of hydrogen-bond acceptors (Lipinski definition) is 6. The fourth-order valence-corrected chi connectivity index (χ4v) is 3.75. The Hall–Kier alpha value is -1.03. The quantitative estimate of drug-likeness (QED) is 0.897. The van der Waals surface area contributed by atoms with Crippen molar-refractivity contribution in [3.05, 3.63) is 22.8 Å². The van der Waals surface area contributed by atoms with Gasteiger partial charge in [-0.3, -0.25) is 5.10 Å². The molecule has 2 rings (SSSR count). The van der Waals surface area contributed by atoms with Crippen LogP contribution < -0.4 is 0 Å². The highest BCUT2D eigenvalue weighted by atomic mass is 35.5. The van der Waals surface area contributed by atoms with Gasteiger partial charge in [-0.1, -0.05) is 22.9 Å². The van der Waals surface area contributed by atoms with Gasteiger partial charge in [0.2, 0.25) is 0 Å². The van der Waals surface area contributed by atoms with E-state index in [4.69, 9.17) is 11.6 Å². The van der Waals surface area contributed by atoms with Gasteiger partial charge >= 0.3 is 0 Å². The molecule has 0 fully saturated rings. The van der Waals surface area contributed by atoms with Crippen molar-refractivity contribution < 1.29 is 8.42 Å². The first-order valence-electron chi connectivity index (χ1n) is 4.42. The molecular formula is C7H8ClN5O2S2. The van der Waals surface area contributed by atoms with Crippen molar-refractivity contribution in [3.63, 3.8) is 0 Å². The second-order valence-corrected chi connectivity index (χ2v) is 7.01. The Morgan fingerprint density at radius 2 is 2.29 bits per heavy atom. The predicted molar refractivity (Wildman–Crippen MR) is 62.2 cm³/mol. The van der Waals surface area contributed by atoms with Gasteiger partial charge in [-0.25, -0.2) is 18.4 Å². The van der Waals surface area contributed by atoms with E-state index in [2.05, 4.69) is 20.2 Å². The van der Waals surface area contributed by atoms with Gasteiger partial charge in [-0.15, -0.1) is 0 Å². The number of thiazole rings is 1. The van der Waals surface area contributed by atoms with E-state index in [9.17, 15) is 8.42 Å². The molecule has 0 aliphatic carbocycles. The number of halogens is 1. The van der Waals surface area contributed by atoms with E-state index in [0.29, 0.717) is 5.82 Å². The predicted octanol–water partition coefficient (Wildman–Crippen LogP) is 0.735. The van der Waals surface area contributed by atoms with Crippen molar-refractivity contribution in [2.24, 2.45) is 0 Å². The SMILES string of the molecule is CN(Cc1ncn[nH]1)S(=O)(=O)c1cnc(Cl)s1.